The molecule has 126 valence electrons. The van der Waals surface area contributed by atoms with Crippen LogP contribution in [0.5, 0.6) is 5.75 Å². The van der Waals surface area contributed by atoms with Crippen LogP contribution in [0.3, 0.4) is 0 Å². The molecule has 1 heterocycles. The van der Waals surface area contributed by atoms with Crippen molar-refractivity contribution in [1.82, 2.24) is 10.2 Å². The first-order valence-electron chi connectivity index (χ1n) is 8.44. The SMILES string of the molecule is O=C(Nc1ccc(OCc2ccccc2)cc1)c1n[nH]c2c1CCC2. The van der Waals surface area contributed by atoms with Gasteiger partial charge < -0.3 is 10.1 Å². The van der Waals surface area contributed by atoms with Crippen LogP contribution >= 0.6 is 0 Å². The molecule has 5 heteroatoms. The van der Waals surface area contributed by atoms with Crippen molar-refractivity contribution >= 4 is 11.6 Å². The van der Waals surface area contributed by atoms with Gasteiger partial charge in [-0.1, -0.05) is 30.3 Å². The number of aromatic nitrogens is 2. The minimum Gasteiger partial charge on any atom is -0.489 e. The second-order valence-electron chi connectivity index (χ2n) is 6.14. The number of carbonyl (C=O) groups is 1. The number of anilines is 1. The van der Waals surface area contributed by atoms with Crippen molar-refractivity contribution in [2.45, 2.75) is 25.9 Å². The molecule has 1 aromatic heterocycles. The van der Waals surface area contributed by atoms with Crippen molar-refractivity contribution in [3.8, 4) is 5.75 Å². The summed E-state index contributed by atoms with van der Waals surface area (Å²) in [5.41, 5.74) is 4.51. The molecular weight excluding hydrogens is 314 g/mol. The Hall–Kier alpha value is -3.08. The minimum absolute atomic E-state index is 0.169. The van der Waals surface area contributed by atoms with Gasteiger partial charge in [0.05, 0.1) is 0 Å². The Morgan fingerprint density at radius 2 is 1.88 bits per heavy atom. The monoisotopic (exact) mass is 333 g/mol. The lowest BCUT2D eigenvalue weighted by Crippen LogP contribution is -2.14. The second-order valence-corrected chi connectivity index (χ2v) is 6.14. The van der Waals surface area contributed by atoms with Crippen molar-refractivity contribution in [3.63, 3.8) is 0 Å². The lowest BCUT2D eigenvalue weighted by molar-refractivity contribution is 0.102. The predicted molar refractivity (Wildman–Crippen MR) is 95.8 cm³/mol. The molecule has 0 saturated carbocycles. The van der Waals surface area contributed by atoms with Crippen LogP contribution in [-0.2, 0) is 19.4 Å². The highest BCUT2D eigenvalue weighted by Crippen LogP contribution is 2.24. The number of benzene rings is 2. The van der Waals surface area contributed by atoms with Crippen LogP contribution in [0.1, 0.15) is 33.7 Å². The molecule has 0 atom stereocenters. The molecule has 2 aromatic carbocycles. The topological polar surface area (TPSA) is 67.0 Å². The number of aromatic amines is 1. The Labute approximate surface area is 146 Å². The third-order valence-electron chi connectivity index (χ3n) is 4.38. The minimum atomic E-state index is -0.169. The standard InChI is InChI=1S/C20H19N3O2/c24-20(19-17-7-4-8-18(17)22-23-19)21-15-9-11-16(12-10-15)25-13-14-5-2-1-3-6-14/h1-3,5-6,9-12H,4,7-8,13H2,(H,21,24)(H,22,23). The van der Waals surface area contributed by atoms with Gasteiger partial charge in [0.2, 0.25) is 0 Å². The van der Waals surface area contributed by atoms with Crippen LogP contribution in [0.15, 0.2) is 54.6 Å². The molecule has 2 N–H and O–H groups in total. The summed E-state index contributed by atoms with van der Waals surface area (Å²) < 4.78 is 5.75. The first kappa shape index (κ1) is 15.4. The van der Waals surface area contributed by atoms with E-state index in [1.54, 1.807) is 0 Å². The number of nitrogens with zero attached hydrogens (tertiary/aromatic N) is 1. The zero-order chi connectivity index (χ0) is 17.1. The third kappa shape index (κ3) is 3.40. The quantitative estimate of drug-likeness (QED) is 0.747. The highest BCUT2D eigenvalue weighted by molar-refractivity contribution is 6.04. The van der Waals surface area contributed by atoms with Crippen LogP contribution in [0.2, 0.25) is 0 Å². The summed E-state index contributed by atoms with van der Waals surface area (Å²) in [7, 11) is 0. The average Bonchev–Trinajstić information content (AvgIpc) is 3.25. The van der Waals surface area contributed by atoms with Crippen LogP contribution in [-0.4, -0.2) is 16.1 Å². The molecule has 1 amide bonds. The van der Waals surface area contributed by atoms with Gasteiger partial charge in [-0.2, -0.15) is 5.10 Å². The third-order valence-corrected chi connectivity index (χ3v) is 4.38. The first-order valence-corrected chi connectivity index (χ1v) is 8.44. The van der Waals surface area contributed by atoms with Crippen LogP contribution in [0, 0.1) is 0 Å². The number of fused-ring (bicyclic) bond motifs is 1. The van der Waals surface area contributed by atoms with Gasteiger partial charge in [0.1, 0.15) is 12.4 Å². The Morgan fingerprint density at radius 3 is 2.68 bits per heavy atom. The van der Waals surface area contributed by atoms with Crippen LogP contribution in [0.4, 0.5) is 5.69 Å². The van der Waals surface area contributed by atoms with E-state index in [1.807, 2.05) is 54.6 Å². The Bertz CT molecular complexity index is 870. The van der Waals surface area contributed by atoms with E-state index in [9.17, 15) is 4.79 Å². The van der Waals surface area contributed by atoms with Crippen molar-refractivity contribution in [2.75, 3.05) is 5.32 Å². The molecule has 0 radical (unpaired) electrons. The number of nitrogens with one attached hydrogen (secondary N) is 2. The molecule has 4 rings (SSSR count). The number of carbonyl (C=O) groups excluding carboxylic acids is 1. The molecule has 5 nitrogen and oxygen atoms in total. The van der Waals surface area contributed by atoms with Gasteiger partial charge in [0.15, 0.2) is 5.69 Å². The van der Waals surface area contributed by atoms with E-state index in [4.69, 9.17) is 4.74 Å². The molecule has 3 aromatic rings. The highest BCUT2D eigenvalue weighted by Gasteiger charge is 2.22. The van der Waals surface area contributed by atoms with E-state index in [-0.39, 0.29) is 5.91 Å². The zero-order valence-corrected chi connectivity index (χ0v) is 13.8. The second kappa shape index (κ2) is 6.81. The molecule has 0 spiro atoms. The van der Waals surface area contributed by atoms with Gasteiger partial charge in [0.25, 0.3) is 5.91 Å². The van der Waals surface area contributed by atoms with Crippen molar-refractivity contribution in [3.05, 3.63) is 77.1 Å². The largest absolute Gasteiger partial charge is 0.489 e. The van der Waals surface area contributed by atoms with Crippen molar-refractivity contribution in [2.24, 2.45) is 0 Å². The predicted octanol–water partition coefficient (Wildman–Crippen LogP) is 3.73. The molecule has 1 aliphatic rings. The van der Waals surface area contributed by atoms with E-state index < -0.39 is 0 Å². The van der Waals surface area contributed by atoms with Gasteiger partial charge >= 0.3 is 0 Å². The Morgan fingerprint density at radius 1 is 1.08 bits per heavy atom. The van der Waals surface area contributed by atoms with Crippen molar-refractivity contribution in [1.29, 1.82) is 0 Å². The molecule has 1 aliphatic carbocycles. The number of hydrogen-bond acceptors (Lipinski definition) is 3. The Balaban J connectivity index is 1.38. The smallest absolute Gasteiger partial charge is 0.276 e. The lowest BCUT2D eigenvalue weighted by atomic mass is 10.2. The molecule has 0 bridgehead atoms. The summed E-state index contributed by atoms with van der Waals surface area (Å²) in [5.74, 6) is 0.597. The summed E-state index contributed by atoms with van der Waals surface area (Å²) in [5, 5.41) is 10.0. The maximum atomic E-state index is 12.4. The average molecular weight is 333 g/mol. The molecule has 0 fully saturated rings. The van der Waals surface area contributed by atoms with E-state index >= 15 is 0 Å². The number of hydrogen-bond donors (Lipinski definition) is 2. The maximum Gasteiger partial charge on any atom is 0.276 e. The summed E-state index contributed by atoms with van der Waals surface area (Å²) >= 11 is 0. The summed E-state index contributed by atoms with van der Waals surface area (Å²) in [4.78, 5) is 12.4. The molecular formula is C20H19N3O2. The molecule has 25 heavy (non-hydrogen) atoms. The Kier molecular flexibility index (Phi) is 4.21. The zero-order valence-electron chi connectivity index (χ0n) is 13.8. The summed E-state index contributed by atoms with van der Waals surface area (Å²) in [6.45, 7) is 0.520. The maximum absolute atomic E-state index is 12.4. The number of ether oxygens (including phenoxy) is 1. The first-order chi connectivity index (χ1) is 12.3. The number of amides is 1. The number of rotatable bonds is 5. The fourth-order valence-electron chi connectivity index (χ4n) is 3.07. The number of aryl methyl sites for hydroxylation is 1. The van der Waals surface area contributed by atoms with Crippen molar-refractivity contribution < 1.29 is 9.53 Å². The molecule has 0 aliphatic heterocycles. The van der Waals surface area contributed by atoms with Gasteiger partial charge in [-0.3, -0.25) is 9.89 Å². The van der Waals surface area contributed by atoms with Gasteiger partial charge in [-0.15, -0.1) is 0 Å². The van der Waals surface area contributed by atoms with Gasteiger partial charge in [-0.05, 0) is 49.1 Å². The van der Waals surface area contributed by atoms with Gasteiger partial charge in [0, 0.05) is 16.9 Å². The fourth-order valence-corrected chi connectivity index (χ4v) is 3.07. The normalized spacial score (nSPS) is 12.6. The number of H-pyrrole nitrogens is 1. The highest BCUT2D eigenvalue weighted by atomic mass is 16.5. The van der Waals surface area contributed by atoms with Gasteiger partial charge in [-0.25, -0.2) is 0 Å². The lowest BCUT2D eigenvalue weighted by Gasteiger charge is -2.08. The van der Waals surface area contributed by atoms with E-state index in [0.717, 1.165) is 47.5 Å². The van der Waals surface area contributed by atoms with Crippen LogP contribution < -0.4 is 10.1 Å². The summed E-state index contributed by atoms with van der Waals surface area (Å²) in [6.07, 6.45) is 2.97. The van der Waals surface area contributed by atoms with E-state index in [1.165, 1.54) is 0 Å². The molecule has 0 saturated heterocycles. The van der Waals surface area contributed by atoms with E-state index in [0.29, 0.717) is 12.3 Å². The summed E-state index contributed by atoms with van der Waals surface area (Å²) in [6, 6.07) is 17.4. The fraction of sp³-hybridized carbons (Fsp3) is 0.200. The molecule has 0 unspecified atom stereocenters. The van der Waals surface area contributed by atoms with Crippen LogP contribution in [0.25, 0.3) is 0 Å². The van der Waals surface area contributed by atoms with E-state index in [2.05, 4.69) is 15.5 Å².